The van der Waals surface area contributed by atoms with Crippen LogP contribution in [0.4, 0.5) is 19.3 Å². The van der Waals surface area contributed by atoms with E-state index in [-0.39, 0.29) is 23.6 Å². The quantitative estimate of drug-likeness (QED) is 0.376. The van der Waals surface area contributed by atoms with Crippen molar-refractivity contribution in [2.24, 2.45) is 5.92 Å². The van der Waals surface area contributed by atoms with E-state index in [9.17, 15) is 13.6 Å². The van der Waals surface area contributed by atoms with Crippen LogP contribution >= 0.6 is 11.6 Å². The van der Waals surface area contributed by atoms with Crippen molar-refractivity contribution in [1.29, 1.82) is 0 Å². The van der Waals surface area contributed by atoms with Crippen molar-refractivity contribution < 1.29 is 13.6 Å². The summed E-state index contributed by atoms with van der Waals surface area (Å²) in [6.45, 7) is 7.23. The molecule has 3 aromatic rings. The van der Waals surface area contributed by atoms with Gasteiger partial charge in [0, 0.05) is 49.4 Å². The van der Waals surface area contributed by atoms with Gasteiger partial charge >= 0.3 is 6.03 Å². The highest BCUT2D eigenvalue weighted by molar-refractivity contribution is 6.30. The lowest BCUT2D eigenvalue weighted by Gasteiger charge is -2.38. The molecule has 0 saturated carbocycles. The van der Waals surface area contributed by atoms with Gasteiger partial charge in [-0.1, -0.05) is 49.7 Å². The average molecular weight is 510 g/mol. The van der Waals surface area contributed by atoms with E-state index in [0.29, 0.717) is 43.7 Å². The number of amides is 2. The summed E-state index contributed by atoms with van der Waals surface area (Å²) in [5.41, 5.74) is 2.07. The van der Waals surface area contributed by atoms with Crippen molar-refractivity contribution in [3.8, 4) is 0 Å². The number of rotatable bonds is 6. The fourth-order valence-corrected chi connectivity index (χ4v) is 5.97. The molecule has 0 N–H and O–H groups in total. The second-order valence-corrected chi connectivity index (χ2v) is 10.8. The zero-order valence-electron chi connectivity index (χ0n) is 20.5. The molecule has 2 atom stereocenters. The summed E-state index contributed by atoms with van der Waals surface area (Å²) in [6.07, 6.45) is 0. The highest BCUT2D eigenvalue weighted by Crippen LogP contribution is 2.47. The molecular weight excluding hydrogens is 480 g/mol. The van der Waals surface area contributed by atoms with Gasteiger partial charge in [-0.05, 0) is 65.6 Å². The molecule has 2 heterocycles. The lowest BCUT2D eigenvalue weighted by Crippen LogP contribution is -2.53. The van der Waals surface area contributed by atoms with Crippen molar-refractivity contribution in [1.82, 2.24) is 9.80 Å². The Hall–Kier alpha value is -2.96. The van der Waals surface area contributed by atoms with Crippen molar-refractivity contribution in [3.63, 3.8) is 0 Å². The minimum Gasteiger partial charge on any atom is -0.322 e. The second-order valence-electron chi connectivity index (χ2n) is 10.4. The molecular formula is C29H30ClF2N3O. The van der Waals surface area contributed by atoms with Crippen molar-refractivity contribution in [2.75, 3.05) is 31.1 Å². The first-order chi connectivity index (χ1) is 17.2. The maximum atomic E-state index is 13.9. The number of hydrogen-bond donors (Lipinski definition) is 0. The minimum absolute atomic E-state index is 0.0364. The van der Waals surface area contributed by atoms with Gasteiger partial charge in [0.25, 0.3) is 0 Å². The summed E-state index contributed by atoms with van der Waals surface area (Å²) in [6, 6.07) is 20.6. The van der Waals surface area contributed by atoms with Crippen LogP contribution in [0.3, 0.4) is 0 Å². The van der Waals surface area contributed by atoms with E-state index in [0.717, 1.165) is 16.8 Å². The molecule has 0 unspecified atom stereocenters. The fourth-order valence-electron chi connectivity index (χ4n) is 5.84. The normalized spacial score (nSPS) is 22.4. The van der Waals surface area contributed by atoms with Crippen molar-refractivity contribution in [3.05, 3.63) is 101 Å². The third-order valence-corrected chi connectivity index (χ3v) is 7.45. The predicted molar refractivity (Wildman–Crippen MR) is 139 cm³/mol. The van der Waals surface area contributed by atoms with Gasteiger partial charge in [-0.15, -0.1) is 0 Å². The molecule has 36 heavy (non-hydrogen) atoms. The van der Waals surface area contributed by atoms with Gasteiger partial charge in [-0.3, -0.25) is 9.80 Å². The van der Waals surface area contributed by atoms with E-state index in [1.54, 1.807) is 24.3 Å². The van der Waals surface area contributed by atoms with Gasteiger partial charge in [0.2, 0.25) is 0 Å². The summed E-state index contributed by atoms with van der Waals surface area (Å²) >= 11 is 6.18. The Morgan fingerprint density at radius 2 is 1.69 bits per heavy atom. The molecule has 5 rings (SSSR count). The van der Waals surface area contributed by atoms with Crippen LogP contribution < -0.4 is 4.90 Å². The molecule has 0 aromatic heterocycles. The number of hydrogen-bond acceptors (Lipinski definition) is 2. The number of carbonyl (C=O) groups excluding carboxylic acids is 1. The summed E-state index contributed by atoms with van der Waals surface area (Å²) in [4.78, 5) is 20.0. The third-order valence-electron chi connectivity index (χ3n) is 7.20. The number of nitrogens with zero attached hydrogens (tertiary/aromatic N) is 3. The zero-order valence-corrected chi connectivity index (χ0v) is 21.3. The van der Waals surface area contributed by atoms with E-state index < -0.39 is 5.54 Å². The number of urea groups is 1. The first-order valence-electron chi connectivity index (χ1n) is 12.3. The summed E-state index contributed by atoms with van der Waals surface area (Å²) < 4.78 is 27.8. The molecule has 188 valence electrons. The smallest absolute Gasteiger partial charge is 0.322 e. The number of benzene rings is 3. The molecule has 0 bridgehead atoms. The number of anilines is 1. The fraction of sp³-hybridized carbons (Fsp3) is 0.345. The lowest BCUT2D eigenvalue weighted by molar-refractivity contribution is 0.212. The Labute approximate surface area is 216 Å². The van der Waals surface area contributed by atoms with E-state index in [4.69, 9.17) is 11.6 Å². The molecule has 2 aliphatic rings. The van der Waals surface area contributed by atoms with Crippen LogP contribution in [0.1, 0.15) is 30.9 Å². The summed E-state index contributed by atoms with van der Waals surface area (Å²) in [5, 5.41) is 0.604. The Morgan fingerprint density at radius 3 is 2.36 bits per heavy atom. The molecule has 0 aliphatic carbocycles. The average Bonchev–Trinajstić information content (AvgIpc) is 3.31. The van der Waals surface area contributed by atoms with Crippen LogP contribution in [0, 0.1) is 17.6 Å². The number of halogens is 3. The maximum absolute atomic E-state index is 13.9. The SMILES string of the molecule is CC(C)CN1C[C@]2(CN(Cc3cccc(F)c3)C[C@@H]2c2ccc(F)cc2)N(c2ccc(Cl)cc2)C1=O. The van der Waals surface area contributed by atoms with Gasteiger partial charge in [0.15, 0.2) is 0 Å². The highest BCUT2D eigenvalue weighted by atomic mass is 35.5. The Bertz CT molecular complexity index is 1230. The molecule has 1 spiro atoms. The monoisotopic (exact) mass is 509 g/mol. The Kier molecular flexibility index (Phi) is 6.75. The Morgan fingerprint density at radius 1 is 0.972 bits per heavy atom. The molecule has 0 radical (unpaired) electrons. The van der Waals surface area contributed by atoms with Crippen LogP contribution in [0.2, 0.25) is 5.02 Å². The molecule has 2 fully saturated rings. The van der Waals surface area contributed by atoms with E-state index in [1.165, 1.54) is 18.2 Å². The van der Waals surface area contributed by atoms with Crippen LogP contribution in [-0.4, -0.2) is 47.5 Å². The van der Waals surface area contributed by atoms with Gasteiger partial charge in [0.05, 0.1) is 5.54 Å². The molecule has 7 heteroatoms. The molecule has 2 aliphatic heterocycles. The van der Waals surface area contributed by atoms with E-state index >= 15 is 0 Å². The molecule has 4 nitrogen and oxygen atoms in total. The second kappa shape index (κ2) is 9.83. The standard InChI is InChI=1S/C29H30ClF2N3O/c1-20(2)15-34-19-29(35(28(34)36)26-12-8-23(30)9-13-26)18-33(16-21-4-3-5-25(32)14-21)17-27(29)22-6-10-24(31)11-7-22/h3-14,20,27H,15-19H2,1-2H3/t27-,29+/m1/s1. The van der Waals surface area contributed by atoms with Crippen molar-refractivity contribution >= 4 is 23.3 Å². The molecule has 2 saturated heterocycles. The first-order valence-corrected chi connectivity index (χ1v) is 12.7. The summed E-state index contributed by atoms with van der Waals surface area (Å²) in [5.74, 6) is -0.312. The minimum atomic E-state index is -0.578. The van der Waals surface area contributed by atoms with Crippen LogP contribution in [0.15, 0.2) is 72.8 Å². The van der Waals surface area contributed by atoms with Crippen LogP contribution in [0.5, 0.6) is 0 Å². The van der Waals surface area contributed by atoms with Gasteiger partial charge < -0.3 is 4.90 Å². The first kappa shape index (κ1) is 24.7. The maximum Gasteiger partial charge on any atom is 0.325 e. The van der Waals surface area contributed by atoms with E-state index in [2.05, 4.69) is 18.7 Å². The van der Waals surface area contributed by atoms with Crippen molar-refractivity contribution in [2.45, 2.75) is 31.8 Å². The molecule has 3 aromatic carbocycles. The number of carbonyl (C=O) groups is 1. The zero-order chi connectivity index (χ0) is 25.4. The lowest BCUT2D eigenvalue weighted by atomic mass is 9.81. The van der Waals surface area contributed by atoms with Crippen LogP contribution in [0.25, 0.3) is 0 Å². The third kappa shape index (κ3) is 4.72. The largest absolute Gasteiger partial charge is 0.325 e. The highest BCUT2D eigenvalue weighted by Gasteiger charge is 2.59. The van der Waals surface area contributed by atoms with Gasteiger partial charge in [-0.2, -0.15) is 0 Å². The Balaban J connectivity index is 1.59. The summed E-state index contributed by atoms with van der Waals surface area (Å²) in [7, 11) is 0. The molecule has 2 amide bonds. The van der Waals surface area contributed by atoms with Gasteiger partial charge in [-0.25, -0.2) is 13.6 Å². The van der Waals surface area contributed by atoms with Gasteiger partial charge in [0.1, 0.15) is 11.6 Å². The number of likely N-dealkylation sites (tertiary alicyclic amines) is 1. The topological polar surface area (TPSA) is 26.8 Å². The predicted octanol–water partition coefficient (Wildman–Crippen LogP) is 6.55. The van der Waals surface area contributed by atoms with Crippen LogP contribution in [-0.2, 0) is 6.54 Å². The van der Waals surface area contributed by atoms with E-state index in [1.807, 2.05) is 40.1 Å².